The van der Waals surface area contributed by atoms with E-state index in [1.54, 1.807) is 0 Å². The van der Waals surface area contributed by atoms with Gasteiger partial charge in [-0.25, -0.2) is 0 Å². The molecule has 1 atom stereocenters. The van der Waals surface area contributed by atoms with Gasteiger partial charge in [0.2, 0.25) is 0 Å². The van der Waals surface area contributed by atoms with Crippen LogP contribution in [0.2, 0.25) is 0 Å². The Hall–Kier alpha value is -0.760. The smallest absolute Gasteiger partial charge is 0.0336 e. The molecule has 1 aromatic carbocycles. The van der Waals surface area contributed by atoms with E-state index in [-0.39, 0.29) is 0 Å². The van der Waals surface area contributed by atoms with Crippen LogP contribution in [0.15, 0.2) is 29.2 Å². The molecule has 0 aliphatic carbocycles. The van der Waals surface area contributed by atoms with Gasteiger partial charge in [-0.15, -0.1) is 0 Å². The molecule has 2 heteroatoms. The second kappa shape index (κ2) is 3.97. The lowest BCUT2D eigenvalue weighted by atomic mass is 10.2. The largest absolute Gasteiger partial charge is 0.263 e. The highest BCUT2D eigenvalue weighted by Gasteiger charge is 2.08. The first kappa shape index (κ1) is 10.3. The van der Waals surface area contributed by atoms with Crippen molar-refractivity contribution in [3.63, 3.8) is 0 Å². The van der Waals surface area contributed by atoms with Crippen molar-refractivity contribution in [2.75, 3.05) is 5.75 Å². The van der Waals surface area contributed by atoms with Gasteiger partial charge in [0.05, 0.1) is 0 Å². The molecule has 0 saturated heterocycles. The molecule has 13 heavy (non-hydrogen) atoms. The van der Waals surface area contributed by atoms with Gasteiger partial charge in [0, 0.05) is 10.6 Å². The Morgan fingerprint density at radius 2 is 2.00 bits per heavy atom. The minimum absolute atomic E-state index is 0.689. The molecule has 1 aromatic rings. The van der Waals surface area contributed by atoms with Crippen LogP contribution in [-0.2, 0) is 9.52 Å². The summed E-state index contributed by atoms with van der Waals surface area (Å²) in [5.41, 5.74) is 1.12. The third-order valence-electron chi connectivity index (χ3n) is 2.28. The molecule has 0 aromatic heterocycles. The minimum atomic E-state index is -1.90. The third-order valence-corrected chi connectivity index (χ3v) is 5.10. The summed E-state index contributed by atoms with van der Waals surface area (Å²) in [5.74, 6) is 0.689. The van der Waals surface area contributed by atoms with Gasteiger partial charge >= 0.3 is 0 Å². The Morgan fingerprint density at radius 1 is 1.38 bits per heavy atom. The fourth-order valence-corrected chi connectivity index (χ4v) is 3.21. The summed E-state index contributed by atoms with van der Waals surface area (Å²) in [6.07, 6.45) is 0. The first-order valence-corrected chi connectivity index (χ1v) is 6.30. The summed E-state index contributed by atoms with van der Waals surface area (Å²) in [7, 11) is -1.90. The Bertz CT molecular complexity index is 398. The standard InChI is InChI=1S/C11H16OS/c1-4-13(12,5-2)11-9-7-6-8-10(11)3/h4,6-9H,5H2,1-3H3. The fourth-order valence-electron chi connectivity index (χ4n) is 1.39. The van der Waals surface area contributed by atoms with Crippen molar-refractivity contribution in [1.82, 2.24) is 0 Å². The highest BCUT2D eigenvalue weighted by atomic mass is 32.2. The van der Waals surface area contributed by atoms with Gasteiger partial charge in [-0.2, -0.15) is 0 Å². The molecular formula is C11H16OS. The second-order valence-corrected chi connectivity index (χ2v) is 5.96. The van der Waals surface area contributed by atoms with Crippen LogP contribution in [0.5, 0.6) is 0 Å². The topological polar surface area (TPSA) is 17.1 Å². The average molecular weight is 196 g/mol. The molecule has 0 radical (unpaired) electrons. The van der Waals surface area contributed by atoms with E-state index >= 15 is 0 Å². The van der Waals surface area contributed by atoms with Crippen LogP contribution in [0, 0.1) is 6.92 Å². The van der Waals surface area contributed by atoms with Crippen molar-refractivity contribution in [2.24, 2.45) is 0 Å². The SMILES string of the molecule is CC=S(=O)(CC)c1ccccc1C. The molecule has 0 N–H and O–H groups in total. The van der Waals surface area contributed by atoms with E-state index < -0.39 is 9.52 Å². The molecule has 72 valence electrons. The van der Waals surface area contributed by atoms with E-state index in [1.807, 2.05) is 50.4 Å². The predicted octanol–water partition coefficient (Wildman–Crippen LogP) is 2.48. The van der Waals surface area contributed by atoms with E-state index in [4.69, 9.17) is 0 Å². The molecule has 0 aliphatic heterocycles. The Kier molecular flexibility index (Phi) is 3.15. The van der Waals surface area contributed by atoms with E-state index in [9.17, 15) is 4.21 Å². The molecule has 1 rings (SSSR count). The monoisotopic (exact) mass is 196 g/mol. The molecular weight excluding hydrogens is 180 g/mol. The summed E-state index contributed by atoms with van der Waals surface area (Å²) in [4.78, 5) is 0.986. The van der Waals surface area contributed by atoms with E-state index in [0.29, 0.717) is 5.75 Å². The van der Waals surface area contributed by atoms with Crippen LogP contribution in [0.4, 0.5) is 0 Å². The molecule has 1 unspecified atom stereocenters. The van der Waals surface area contributed by atoms with E-state index in [2.05, 4.69) is 0 Å². The van der Waals surface area contributed by atoms with Gasteiger partial charge in [-0.3, -0.25) is 4.21 Å². The Balaban J connectivity index is 3.39. The van der Waals surface area contributed by atoms with Gasteiger partial charge in [0.15, 0.2) is 0 Å². The van der Waals surface area contributed by atoms with Gasteiger partial charge in [-0.05, 0) is 40.4 Å². The summed E-state index contributed by atoms with van der Waals surface area (Å²) in [6, 6.07) is 7.89. The predicted molar refractivity (Wildman–Crippen MR) is 59.9 cm³/mol. The number of benzene rings is 1. The quantitative estimate of drug-likeness (QED) is 0.664. The Labute approximate surface area is 80.8 Å². The zero-order valence-corrected chi connectivity index (χ0v) is 9.23. The van der Waals surface area contributed by atoms with Crippen LogP contribution in [0.3, 0.4) is 0 Å². The number of hydrogen-bond acceptors (Lipinski definition) is 1. The van der Waals surface area contributed by atoms with Crippen LogP contribution < -0.4 is 0 Å². The van der Waals surface area contributed by atoms with Crippen LogP contribution >= 0.6 is 0 Å². The number of aryl methyl sites for hydroxylation is 1. The van der Waals surface area contributed by atoms with Crippen molar-refractivity contribution in [3.8, 4) is 0 Å². The summed E-state index contributed by atoms with van der Waals surface area (Å²) >= 11 is 0. The lowest BCUT2D eigenvalue weighted by Gasteiger charge is -2.10. The van der Waals surface area contributed by atoms with Gasteiger partial charge < -0.3 is 0 Å². The molecule has 0 spiro atoms. The third kappa shape index (κ3) is 1.94. The van der Waals surface area contributed by atoms with Crippen molar-refractivity contribution in [2.45, 2.75) is 25.7 Å². The molecule has 1 nitrogen and oxygen atoms in total. The molecule has 0 fully saturated rings. The van der Waals surface area contributed by atoms with E-state index in [0.717, 1.165) is 10.5 Å². The first-order chi connectivity index (χ1) is 6.14. The van der Waals surface area contributed by atoms with Crippen molar-refractivity contribution in [1.29, 1.82) is 0 Å². The average Bonchev–Trinajstić information content (AvgIpc) is 2.17. The lowest BCUT2D eigenvalue weighted by Crippen LogP contribution is -2.07. The fraction of sp³-hybridized carbons (Fsp3) is 0.364. The minimum Gasteiger partial charge on any atom is -0.263 e. The van der Waals surface area contributed by atoms with Crippen molar-refractivity contribution in [3.05, 3.63) is 29.8 Å². The maximum absolute atomic E-state index is 12.3. The van der Waals surface area contributed by atoms with E-state index in [1.165, 1.54) is 0 Å². The number of rotatable bonds is 2. The highest BCUT2D eigenvalue weighted by Crippen LogP contribution is 2.16. The molecule has 0 amide bonds. The summed E-state index contributed by atoms with van der Waals surface area (Å²) in [5, 5.41) is 1.83. The second-order valence-electron chi connectivity index (χ2n) is 3.02. The van der Waals surface area contributed by atoms with Crippen LogP contribution in [0.1, 0.15) is 19.4 Å². The lowest BCUT2D eigenvalue weighted by molar-refractivity contribution is 0.681. The summed E-state index contributed by atoms with van der Waals surface area (Å²) in [6.45, 7) is 5.85. The maximum Gasteiger partial charge on any atom is 0.0336 e. The highest BCUT2D eigenvalue weighted by molar-refractivity contribution is 8.01. The van der Waals surface area contributed by atoms with Gasteiger partial charge in [-0.1, -0.05) is 25.1 Å². The van der Waals surface area contributed by atoms with Crippen molar-refractivity contribution < 1.29 is 4.21 Å². The van der Waals surface area contributed by atoms with Crippen LogP contribution in [-0.4, -0.2) is 15.3 Å². The van der Waals surface area contributed by atoms with Gasteiger partial charge in [0.25, 0.3) is 0 Å². The van der Waals surface area contributed by atoms with Crippen LogP contribution in [0.25, 0.3) is 0 Å². The van der Waals surface area contributed by atoms with Crippen molar-refractivity contribution >= 4 is 14.9 Å². The zero-order chi connectivity index (χ0) is 9.90. The molecule has 0 bridgehead atoms. The Morgan fingerprint density at radius 3 is 2.46 bits per heavy atom. The van der Waals surface area contributed by atoms with Gasteiger partial charge in [0.1, 0.15) is 0 Å². The molecule has 0 heterocycles. The first-order valence-electron chi connectivity index (χ1n) is 4.51. The maximum atomic E-state index is 12.3. The number of hydrogen-bond donors (Lipinski definition) is 0. The zero-order valence-electron chi connectivity index (χ0n) is 8.41. The molecule has 0 saturated carbocycles. The molecule has 0 aliphatic rings. The summed E-state index contributed by atoms with van der Waals surface area (Å²) < 4.78 is 12.3. The normalized spacial score (nSPS) is 15.0.